The fraction of sp³-hybridized carbons (Fsp3) is 0.375. The van der Waals surface area contributed by atoms with Crippen molar-refractivity contribution in [2.45, 2.75) is 38.1 Å². The van der Waals surface area contributed by atoms with E-state index >= 15 is 0 Å². The van der Waals surface area contributed by atoms with Gasteiger partial charge in [-0.2, -0.15) is 0 Å². The second kappa shape index (κ2) is 10.2. The van der Waals surface area contributed by atoms with Crippen LogP contribution in [0.2, 0.25) is 0 Å². The summed E-state index contributed by atoms with van der Waals surface area (Å²) in [6.45, 7) is 2.53. The van der Waals surface area contributed by atoms with Gasteiger partial charge in [0, 0.05) is 25.6 Å². The van der Waals surface area contributed by atoms with Crippen molar-refractivity contribution in [3.8, 4) is 11.1 Å². The summed E-state index contributed by atoms with van der Waals surface area (Å²) >= 11 is 0. The first kappa shape index (κ1) is 23.7. The molecule has 0 bridgehead atoms. The molecule has 4 N–H and O–H groups in total. The van der Waals surface area contributed by atoms with Crippen LogP contribution < -0.4 is 20.9 Å². The van der Waals surface area contributed by atoms with E-state index in [2.05, 4.69) is 16.0 Å². The Balaban J connectivity index is 1.37. The zero-order valence-electron chi connectivity index (χ0n) is 18.7. The van der Waals surface area contributed by atoms with Crippen LogP contribution in [0.3, 0.4) is 0 Å². The maximum atomic E-state index is 14.9. The molecule has 34 heavy (non-hydrogen) atoms. The number of nitrogens with one attached hydrogen (secondary N) is 3. The van der Waals surface area contributed by atoms with Crippen LogP contribution in [0.4, 0.5) is 14.9 Å². The van der Waals surface area contributed by atoms with E-state index in [4.69, 9.17) is 4.74 Å². The van der Waals surface area contributed by atoms with Gasteiger partial charge < -0.3 is 25.8 Å². The molecule has 180 valence electrons. The molecule has 0 spiro atoms. The number of anilines is 1. The number of benzene rings is 2. The average molecular weight is 471 g/mol. The number of rotatable bonds is 7. The summed E-state index contributed by atoms with van der Waals surface area (Å²) in [5, 5.41) is 17.9. The van der Waals surface area contributed by atoms with Gasteiger partial charge in [0.2, 0.25) is 11.8 Å². The lowest BCUT2D eigenvalue weighted by Crippen LogP contribution is -2.39. The highest BCUT2D eigenvalue weighted by Crippen LogP contribution is 2.29. The van der Waals surface area contributed by atoms with Crippen LogP contribution in [0.5, 0.6) is 0 Å². The second-order valence-corrected chi connectivity index (χ2v) is 8.48. The van der Waals surface area contributed by atoms with Gasteiger partial charge in [-0.1, -0.05) is 24.3 Å². The number of aliphatic hydroxyl groups excluding tert-OH is 1. The number of β-amino-alcohol motifs (C(OH)–C–C–N with tert-alkyl or cyclic N) is 1. The molecule has 0 aliphatic carbocycles. The predicted molar refractivity (Wildman–Crippen MR) is 122 cm³/mol. The van der Waals surface area contributed by atoms with Gasteiger partial charge in [-0.15, -0.1) is 0 Å². The number of amides is 3. The first-order chi connectivity index (χ1) is 16.3. The number of nitrogens with zero attached hydrogens (tertiary/aromatic N) is 1. The molecule has 2 heterocycles. The van der Waals surface area contributed by atoms with Crippen LogP contribution in [0.25, 0.3) is 11.1 Å². The SMILES string of the molecule is CC(=O)NCC1CN(c2ccc(-c3ccc(CNC(=O)C4CC(O)CN4)cc3)c(F)c2)C(=O)O1. The Morgan fingerprint density at radius 3 is 2.62 bits per heavy atom. The van der Waals surface area contributed by atoms with Gasteiger partial charge in [0.25, 0.3) is 0 Å². The molecule has 4 rings (SSSR count). The summed E-state index contributed by atoms with van der Waals surface area (Å²) in [7, 11) is 0. The monoisotopic (exact) mass is 470 g/mol. The van der Waals surface area contributed by atoms with Crippen molar-refractivity contribution in [2.24, 2.45) is 0 Å². The van der Waals surface area contributed by atoms with Gasteiger partial charge in [0.15, 0.2) is 0 Å². The molecule has 2 fully saturated rings. The first-order valence-corrected chi connectivity index (χ1v) is 11.1. The molecule has 9 nitrogen and oxygen atoms in total. The summed E-state index contributed by atoms with van der Waals surface area (Å²) in [5.74, 6) is -0.867. The fourth-order valence-corrected chi connectivity index (χ4v) is 4.03. The molecule has 2 aromatic rings. The number of carbonyl (C=O) groups excluding carboxylic acids is 3. The zero-order chi connectivity index (χ0) is 24.2. The Morgan fingerprint density at radius 1 is 1.21 bits per heavy atom. The third-order valence-electron chi connectivity index (χ3n) is 5.87. The highest BCUT2D eigenvalue weighted by atomic mass is 19.1. The van der Waals surface area contributed by atoms with E-state index in [0.717, 1.165) is 5.56 Å². The van der Waals surface area contributed by atoms with E-state index < -0.39 is 30.2 Å². The number of cyclic esters (lactones) is 1. The molecule has 2 aliphatic rings. The van der Waals surface area contributed by atoms with Gasteiger partial charge >= 0.3 is 6.09 Å². The van der Waals surface area contributed by atoms with Gasteiger partial charge in [-0.3, -0.25) is 14.5 Å². The van der Waals surface area contributed by atoms with Crippen LogP contribution in [0.15, 0.2) is 42.5 Å². The fourth-order valence-electron chi connectivity index (χ4n) is 4.03. The Morgan fingerprint density at radius 2 is 1.97 bits per heavy atom. The Hall–Kier alpha value is -3.50. The lowest BCUT2D eigenvalue weighted by molar-refractivity contribution is -0.123. The molecule has 3 unspecified atom stereocenters. The number of ether oxygens (including phenoxy) is 1. The molecule has 0 radical (unpaired) electrons. The highest BCUT2D eigenvalue weighted by molar-refractivity contribution is 5.90. The normalized spacial score (nSPS) is 21.9. The summed E-state index contributed by atoms with van der Waals surface area (Å²) in [5.41, 5.74) is 2.28. The summed E-state index contributed by atoms with van der Waals surface area (Å²) < 4.78 is 20.1. The summed E-state index contributed by atoms with van der Waals surface area (Å²) in [6.07, 6.45) is -1.19. The molecule has 2 aliphatic heterocycles. The van der Waals surface area contributed by atoms with Crippen molar-refractivity contribution in [3.05, 3.63) is 53.8 Å². The topological polar surface area (TPSA) is 120 Å². The van der Waals surface area contributed by atoms with Crippen LogP contribution in [-0.4, -0.2) is 60.9 Å². The number of halogens is 1. The Kier molecular flexibility index (Phi) is 7.09. The maximum Gasteiger partial charge on any atom is 0.414 e. The minimum Gasteiger partial charge on any atom is -0.442 e. The van der Waals surface area contributed by atoms with E-state index in [9.17, 15) is 23.9 Å². The van der Waals surface area contributed by atoms with E-state index in [1.165, 1.54) is 17.9 Å². The van der Waals surface area contributed by atoms with Crippen molar-refractivity contribution in [1.29, 1.82) is 0 Å². The van der Waals surface area contributed by atoms with Crippen molar-refractivity contribution in [2.75, 3.05) is 24.5 Å². The third-order valence-corrected chi connectivity index (χ3v) is 5.87. The second-order valence-electron chi connectivity index (χ2n) is 8.48. The van der Waals surface area contributed by atoms with Crippen LogP contribution >= 0.6 is 0 Å². The van der Waals surface area contributed by atoms with Crippen molar-refractivity contribution >= 4 is 23.6 Å². The molecule has 0 aromatic heterocycles. The molecule has 2 aromatic carbocycles. The van der Waals surface area contributed by atoms with Crippen molar-refractivity contribution in [3.63, 3.8) is 0 Å². The Bertz CT molecular complexity index is 1080. The molecule has 3 atom stereocenters. The van der Waals surface area contributed by atoms with Crippen LogP contribution in [0, 0.1) is 5.82 Å². The molecular weight excluding hydrogens is 443 g/mol. The molecule has 2 saturated heterocycles. The molecule has 0 saturated carbocycles. The van der Waals surface area contributed by atoms with E-state index in [0.29, 0.717) is 36.3 Å². The molecular formula is C24H27FN4O5. The zero-order valence-corrected chi connectivity index (χ0v) is 18.7. The number of hydrogen-bond acceptors (Lipinski definition) is 6. The number of carbonyl (C=O) groups is 3. The molecule has 3 amide bonds. The minimum atomic E-state index is -0.587. The van der Waals surface area contributed by atoms with Crippen LogP contribution in [-0.2, 0) is 20.9 Å². The third kappa shape index (κ3) is 5.52. The van der Waals surface area contributed by atoms with Gasteiger partial charge in [0.1, 0.15) is 11.9 Å². The Labute approximate surface area is 196 Å². The van der Waals surface area contributed by atoms with Crippen molar-refractivity contribution in [1.82, 2.24) is 16.0 Å². The largest absolute Gasteiger partial charge is 0.442 e. The quantitative estimate of drug-likeness (QED) is 0.484. The van der Waals surface area contributed by atoms with Gasteiger partial charge in [0.05, 0.1) is 30.9 Å². The lowest BCUT2D eigenvalue weighted by Gasteiger charge is -2.15. The number of hydrogen-bond donors (Lipinski definition) is 4. The minimum absolute atomic E-state index is 0.165. The number of aliphatic hydroxyl groups is 1. The predicted octanol–water partition coefficient (Wildman–Crippen LogP) is 1.29. The average Bonchev–Trinajstić information content (AvgIpc) is 3.42. The lowest BCUT2D eigenvalue weighted by atomic mass is 10.0. The van der Waals surface area contributed by atoms with Crippen LogP contribution in [0.1, 0.15) is 18.9 Å². The summed E-state index contributed by atoms with van der Waals surface area (Å²) in [4.78, 5) is 36.7. The highest BCUT2D eigenvalue weighted by Gasteiger charge is 2.32. The van der Waals surface area contributed by atoms with Gasteiger partial charge in [-0.05, 0) is 35.7 Å². The van der Waals surface area contributed by atoms with E-state index in [1.54, 1.807) is 24.3 Å². The molecule has 10 heteroatoms. The smallest absolute Gasteiger partial charge is 0.414 e. The standard InChI is InChI=1S/C24H27FN4O5/c1-14(30)26-12-19-13-29(24(33)34-19)17-6-7-20(21(25)8-17)16-4-2-15(3-5-16)10-28-23(32)22-9-18(31)11-27-22/h2-8,18-19,22,27,31H,9-13H2,1H3,(H,26,30)(H,28,32). The van der Waals surface area contributed by atoms with Crippen molar-refractivity contribution < 1.29 is 28.6 Å². The van der Waals surface area contributed by atoms with Gasteiger partial charge in [-0.25, -0.2) is 9.18 Å². The van der Waals surface area contributed by atoms with E-state index in [1.807, 2.05) is 12.1 Å². The summed E-state index contributed by atoms with van der Waals surface area (Å²) in [6, 6.07) is 11.3. The maximum absolute atomic E-state index is 14.9. The first-order valence-electron chi connectivity index (χ1n) is 11.1. The van der Waals surface area contributed by atoms with E-state index in [-0.39, 0.29) is 24.9 Å².